The van der Waals surface area contributed by atoms with Gasteiger partial charge in [0, 0.05) is 12.1 Å². The van der Waals surface area contributed by atoms with Crippen molar-refractivity contribution < 1.29 is 9.53 Å². The minimum atomic E-state index is -0.145. The molecule has 76 valence electrons. The third-order valence-corrected chi connectivity index (χ3v) is 1.31. The molecule has 3 heteroatoms. The summed E-state index contributed by atoms with van der Waals surface area (Å²) in [5, 5.41) is 2.69. The zero-order valence-electron chi connectivity index (χ0n) is 8.94. The fourth-order valence-corrected chi connectivity index (χ4v) is 0.673. The second-order valence-electron chi connectivity index (χ2n) is 4.00. The first kappa shape index (κ1) is 12.2. The van der Waals surface area contributed by atoms with Crippen LogP contribution in [0.1, 0.15) is 27.7 Å². The highest BCUT2D eigenvalue weighted by molar-refractivity contribution is 5.91. The minimum absolute atomic E-state index is 0.113. The monoisotopic (exact) mass is 185 g/mol. The van der Waals surface area contributed by atoms with Gasteiger partial charge in [-0.3, -0.25) is 4.79 Å². The van der Waals surface area contributed by atoms with Crippen molar-refractivity contribution in [3.05, 3.63) is 12.2 Å². The van der Waals surface area contributed by atoms with Crippen molar-refractivity contribution in [3.8, 4) is 0 Å². The molecule has 0 rings (SSSR count). The van der Waals surface area contributed by atoms with Gasteiger partial charge in [0.1, 0.15) is 0 Å². The number of ether oxygens (including phenoxy) is 1. The van der Waals surface area contributed by atoms with Crippen LogP contribution >= 0.6 is 0 Å². The van der Waals surface area contributed by atoms with E-state index < -0.39 is 0 Å². The molecule has 13 heavy (non-hydrogen) atoms. The van der Waals surface area contributed by atoms with Crippen molar-refractivity contribution in [2.24, 2.45) is 0 Å². The van der Waals surface area contributed by atoms with Crippen LogP contribution in [0.4, 0.5) is 0 Å². The van der Waals surface area contributed by atoms with E-state index in [1.54, 1.807) is 6.92 Å². The molecule has 0 aliphatic heterocycles. The van der Waals surface area contributed by atoms with E-state index in [4.69, 9.17) is 4.74 Å². The summed E-state index contributed by atoms with van der Waals surface area (Å²) in [6.45, 7) is 12.2. The maximum atomic E-state index is 11.0. The Hall–Kier alpha value is -0.830. The van der Waals surface area contributed by atoms with Gasteiger partial charge in [0.25, 0.3) is 0 Å². The van der Waals surface area contributed by atoms with Crippen LogP contribution in [-0.2, 0) is 9.53 Å². The van der Waals surface area contributed by atoms with Crippen molar-refractivity contribution >= 4 is 5.91 Å². The Balaban J connectivity index is 3.47. The van der Waals surface area contributed by atoms with Gasteiger partial charge in [0.2, 0.25) is 5.91 Å². The number of hydrogen-bond acceptors (Lipinski definition) is 2. The Morgan fingerprint density at radius 1 is 1.46 bits per heavy atom. The van der Waals surface area contributed by atoms with Crippen LogP contribution in [0.15, 0.2) is 12.2 Å². The van der Waals surface area contributed by atoms with Crippen molar-refractivity contribution in [2.45, 2.75) is 33.3 Å². The van der Waals surface area contributed by atoms with E-state index in [0.29, 0.717) is 18.7 Å². The standard InChI is InChI=1S/C10H19NO2/c1-8(2)9(12)11-6-7-13-10(3,4)5/h1,6-7H2,2-5H3,(H,11,12). The summed E-state index contributed by atoms with van der Waals surface area (Å²) in [6, 6.07) is 0. The summed E-state index contributed by atoms with van der Waals surface area (Å²) in [7, 11) is 0. The molecule has 0 aliphatic rings. The fourth-order valence-electron chi connectivity index (χ4n) is 0.673. The van der Waals surface area contributed by atoms with Crippen LogP contribution in [0.3, 0.4) is 0 Å². The first-order chi connectivity index (χ1) is 5.83. The molecule has 0 fully saturated rings. The second-order valence-corrected chi connectivity index (χ2v) is 4.00. The molecule has 0 saturated heterocycles. The lowest BCUT2D eigenvalue weighted by Gasteiger charge is -2.19. The number of nitrogens with one attached hydrogen (secondary N) is 1. The molecule has 0 unspecified atom stereocenters. The minimum Gasteiger partial charge on any atom is -0.374 e. The summed E-state index contributed by atoms with van der Waals surface area (Å²) in [5.41, 5.74) is 0.379. The molecule has 1 N–H and O–H groups in total. The van der Waals surface area contributed by atoms with Crippen LogP contribution in [0, 0.1) is 0 Å². The Morgan fingerprint density at radius 3 is 2.38 bits per heavy atom. The summed E-state index contributed by atoms with van der Waals surface area (Å²) >= 11 is 0. The molecule has 0 aliphatic carbocycles. The molecule has 0 saturated carbocycles. The van der Waals surface area contributed by atoms with Gasteiger partial charge in [-0.25, -0.2) is 0 Å². The van der Waals surface area contributed by atoms with E-state index in [0.717, 1.165) is 0 Å². The van der Waals surface area contributed by atoms with Crippen LogP contribution in [0.25, 0.3) is 0 Å². The smallest absolute Gasteiger partial charge is 0.246 e. The summed E-state index contributed by atoms with van der Waals surface area (Å²) in [4.78, 5) is 11.0. The molecule has 1 amide bonds. The lowest BCUT2D eigenvalue weighted by Crippen LogP contribution is -2.30. The third kappa shape index (κ3) is 7.53. The molecule has 0 radical (unpaired) electrons. The Bertz CT molecular complexity index is 192. The van der Waals surface area contributed by atoms with Gasteiger partial charge in [-0.1, -0.05) is 6.58 Å². The molecule has 0 aromatic heterocycles. The number of rotatable bonds is 4. The zero-order chi connectivity index (χ0) is 10.5. The predicted molar refractivity (Wildman–Crippen MR) is 53.5 cm³/mol. The molecule has 0 atom stereocenters. The Morgan fingerprint density at radius 2 is 2.00 bits per heavy atom. The van der Waals surface area contributed by atoms with E-state index in [1.165, 1.54) is 0 Å². The molecule has 0 heterocycles. The Kier molecular flexibility index (Phi) is 4.70. The van der Waals surface area contributed by atoms with E-state index in [-0.39, 0.29) is 11.5 Å². The van der Waals surface area contributed by atoms with E-state index in [9.17, 15) is 4.79 Å². The molecule has 0 spiro atoms. The molecule has 0 aromatic rings. The quantitative estimate of drug-likeness (QED) is 0.532. The first-order valence-corrected chi connectivity index (χ1v) is 4.40. The Labute approximate surface area is 80.2 Å². The largest absolute Gasteiger partial charge is 0.374 e. The van der Waals surface area contributed by atoms with Crippen molar-refractivity contribution in [2.75, 3.05) is 13.2 Å². The average Bonchev–Trinajstić information content (AvgIpc) is 1.95. The molecular formula is C10H19NO2. The van der Waals surface area contributed by atoms with Gasteiger partial charge >= 0.3 is 0 Å². The van der Waals surface area contributed by atoms with Crippen molar-refractivity contribution in [1.29, 1.82) is 0 Å². The zero-order valence-corrected chi connectivity index (χ0v) is 8.94. The fraction of sp³-hybridized carbons (Fsp3) is 0.700. The van der Waals surface area contributed by atoms with E-state index >= 15 is 0 Å². The van der Waals surface area contributed by atoms with Gasteiger partial charge in [0.05, 0.1) is 12.2 Å². The van der Waals surface area contributed by atoms with Gasteiger partial charge < -0.3 is 10.1 Å². The molecular weight excluding hydrogens is 166 g/mol. The van der Waals surface area contributed by atoms with Gasteiger partial charge in [-0.15, -0.1) is 0 Å². The predicted octanol–water partition coefficient (Wildman–Crippen LogP) is 1.49. The number of carbonyl (C=O) groups is 1. The average molecular weight is 185 g/mol. The lowest BCUT2D eigenvalue weighted by molar-refractivity contribution is -0.118. The highest BCUT2D eigenvalue weighted by Gasteiger charge is 2.09. The number of carbonyl (C=O) groups excluding carboxylic acids is 1. The molecule has 3 nitrogen and oxygen atoms in total. The van der Waals surface area contributed by atoms with Crippen molar-refractivity contribution in [3.63, 3.8) is 0 Å². The second kappa shape index (κ2) is 5.02. The van der Waals surface area contributed by atoms with Gasteiger partial charge in [-0.05, 0) is 27.7 Å². The number of amides is 1. The lowest BCUT2D eigenvalue weighted by atomic mass is 10.2. The van der Waals surface area contributed by atoms with Crippen LogP contribution in [0.2, 0.25) is 0 Å². The van der Waals surface area contributed by atoms with Gasteiger partial charge in [0.15, 0.2) is 0 Å². The maximum Gasteiger partial charge on any atom is 0.246 e. The summed E-state index contributed by atoms with van der Waals surface area (Å²) in [5.74, 6) is -0.113. The van der Waals surface area contributed by atoms with E-state index in [1.807, 2.05) is 20.8 Å². The van der Waals surface area contributed by atoms with Gasteiger partial charge in [-0.2, -0.15) is 0 Å². The van der Waals surface area contributed by atoms with Crippen LogP contribution < -0.4 is 5.32 Å². The number of hydrogen-bond donors (Lipinski definition) is 1. The topological polar surface area (TPSA) is 38.3 Å². The maximum absolute atomic E-state index is 11.0. The summed E-state index contributed by atoms with van der Waals surface area (Å²) < 4.78 is 5.42. The van der Waals surface area contributed by atoms with Crippen molar-refractivity contribution in [1.82, 2.24) is 5.32 Å². The van der Waals surface area contributed by atoms with E-state index in [2.05, 4.69) is 11.9 Å². The highest BCUT2D eigenvalue weighted by Crippen LogP contribution is 2.04. The van der Waals surface area contributed by atoms with Crippen LogP contribution in [0.5, 0.6) is 0 Å². The third-order valence-electron chi connectivity index (χ3n) is 1.31. The SMILES string of the molecule is C=C(C)C(=O)NCCOC(C)(C)C. The first-order valence-electron chi connectivity index (χ1n) is 4.40. The highest BCUT2D eigenvalue weighted by atomic mass is 16.5. The van der Waals surface area contributed by atoms with Crippen LogP contribution in [-0.4, -0.2) is 24.7 Å². The normalized spacial score (nSPS) is 11.1. The molecule has 0 bridgehead atoms. The summed E-state index contributed by atoms with van der Waals surface area (Å²) in [6.07, 6.45) is 0. The molecule has 0 aromatic carbocycles.